The third-order valence-corrected chi connectivity index (χ3v) is 5.23. The fourth-order valence-electron chi connectivity index (χ4n) is 3.52. The molecule has 2 atom stereocenters. The summed E-state index contributed by atoms with van der Waals surface area (Å²) in [6.07, 6.45) is 3.34. The van der Waals surface area contributed by atoms with Crippen LogP contribution < -0.4 is 10.6 Å². The summed E-state index contributed by atoms with van der Waals surface area (Å²) in [4.78, 5) is 65.1. The largest absolute Gasteiger partial charge is 0.355 e. The second-order valence-electron chi connectivity index (χ2n) is 7.55. The number of piperidine rings is 1. The summed E-state index contributed by atoms with van der Waals surface area (Å²) in [5, 5.41) is 5.76. The van der Waals surface area contributed by atoms with Gasteiger partial charge in [0.1, 0.15) is 0 Å². The molecule has 0 aromatic rings. The predicted octanol–water partition coefficient (Wildman–Crippen LogP) is -0.131. The van der Waals surface area contributed by atoms with Crippen LogP contribution in [-0.2, 0) is 28.8 Å². The zero-order valence-corrected chi connectivity index (χ0v) is 17.1. The topological polar surface area (TPSA) is 125 Å². The zero-order chi connectivity index (χ0) is 21.4. The molecule has 2 aliphatic heterocycles. The van der Waals surface area contributed by atoms with Gasteiger partial charge in [-0.3, -0.25) is 24.1 Å². The Balaban J connectivity index is 1.56. The minimum Gasteiger partial charge on any atom is -0.355 e. The van der Waals surface area contributed by atoms with E-state index in [4.69, 9.17) is 4.84 Å². The molecule has 2 rings (SSSR count). The van der Waals surface area contributed by atoms with Crippen LogP contribution in [0.4, 0.5) is 0 Å². The summed E-state index contributed by atoms with van der Waals surface area (Å²) in [5.41, 5.74) is 0. The predicted molar refractivity (Wildman–Crippen MR) is 102 cm³/mol. The molecule has 2 fully saturated rings. The molecule has 2 heterocycles. The summed E-state index contributed by atoms with van der Waals surface area (Å²) < 4.78 is 0. The molecule has 0 spiro atoms. The Bertz CT molecular complexity index is 627. The van der Waals surface area contributed by atoms with Crippen molar-refractivity contribution in [2.75, 3.05) is 19.6 Å². The van der Waals surface area contributed by atoms with Crippen molar-refractivity contribution in [3.63, 3.8) is 0 Å². The van der Waals surface area contributed by atoms with E-state index in [0.29, 0.717) is 23.7 Å². The molecule has 2 N–H and O–H groups in total. The van der Waals surface area contributed by atoms with Crippen molar-refractivity contribution in [3.8, 4) is 0 Å². The molecule has 162 valence electrons. The standard InChI is InChI=1S/C19H30N4O6/c1-13-4-3-5-14(2)22(13)12-16(25)21-10-8-15(24)20-11-9-19(28)29-23-17(26)6-7-18(23)27/h13-14H,3-12H2,1-2H3,(H,20,24)(H,21,25)/i1+1,2+1,13+1,14+1,22+1. The molecule has 2 unspecified atom stereocenters. The maximum Gasteiger partial charge on any atom is 0.334 e. The molecule has 0 saturated carbocycles. The number of likely N-dealkylation sites (tertiary alicyclic amines) is 1. The first-order chi connectivity index (χ1) is 13.8. The van der Waals surface area contributed by atoms with Crippen molar-refractivity contribution >= 4 is 29.6 Å². The quantitative estimate of drug-likeness (QED) is 0.305. The van der Waals surface area contributed by atoms with Gasteiger partial charge < -0.3 is 15.5 Å². The minimum atomic E-state index is -0.771. The second kappa shape index (κ2) is 10.9. The number of nitrogens with one attached hydrogen (secondary N) is 2. The molecule has 2 saturated heterocycles. The maximum absolute atomic E-state index is 12.1. The normalized spacial score (nSPS) is 22.5. The van der Waals surface area contributed by atoms with Gasteiger partial charge in [-0.1, -0.05) is 6.42 Å². The number of hydrogen-bond acceptors (Lipinski definition) is 7. The van der Waals surface area contributed by atoms with E-state index < -0.39 is 17.8 Å². The van der Waals surface area contributed by atoms with Crippen molar-refractivity contribution in [1.29, 1.82) is 0 Å². The lowest BCUT2D eigenvalue weighted by atomic mass is 10.3. The van der Waals surface area contributed by atoms with Gasteiger partial charge in [-0.15, -0.1) is 5.06 Å². The van der Waals surface area contributed by atoms with E-state index in [-0.39, 0.29) is 50.6 Å². The van der Waals surface area contributed by atoms with Crippen LogP contribution in [0.3, 0.4) is 0 Å². The first-order valence-corrected chi connectivity index (χ1v) is 10.1. The van der Waals surface area contributed by atoms with Crippen LogP contribution in [0.25, 0.3) is 0 Å². The summed E-state index contributed by atoms with van der Waals surface area (Å²) in [5.74, 6) is -2.28. The average Bonchev–Trinajstić information content (AvgIpc) is 2.97. The highest BCUT2D eigenvalue weighted by atomic mass is 16.7. The van der Waals surface area contributed by atoms with Crippen molar-refractivity contribution in [2.24, 2.45) is 0 Å². The number of carbonyl (C=O) groups excluding carboxylic acids is 5. The van der Waals surface area contributed by atoms with Crippen molar-refractivity contribution in [3.05, 3.63) is 0 Å². The fourth-order valence-corrected chi connectivity index (χ4v) is 3.52. The Morgan fingerprint density at radius 3 is 2.10 bits per heavy atom. The molecule has 10 nitrogen and oxygen atoms in total. The second-order valence-corrected chi connectivity index (χ2v) is 7.55. The number of hydrogen-bond donors (Lipinski definition) is 2. The van der Waals surface area contributed by atoms with Gasteiger partial charge in [0.2, 0.25) is 11.8 Å². The van der Waals surface area contributed by atoms with Gasteiger partial charge in [0.15, 0.2) is 0 Å². The van der Waals surface area contributed by atoms with Crippen LogP contribution in [0.15, 0.2) is 0 Å². The Kier molecular flexibility index (Phi) is 8.56. The maximum atomic E-state index is 12.1. The van der Waals surface area contributed by atoms with E-state index >= 15 is 0 Å². The Hall–Kier alpha value is -2.49. The summed E-state index contributed by atoms with van der Waals surface area (Å²) in [6, 6.07) is 0.748. The van der Waals surface area contributed by atoms with E-state index in [2.05, 4.69) is 29.4 Å². The van der Waals surface area contributed by atoms with Crippen LogP contribution in [0.1, 0.15) is 58.8 Å². The van der Waals surface area contributed by atoms with E-state index in [1.165, 1.54) is 6.42 Å². The van der Waals surface area contributed by atoms with Gasteiger partial charge in [-0.2, -0.15) is 0 Å². The number of hydroxylamine groups is 2. The summed E-state index contributed by atoms with van der Waals surface area (Å²) in [7, 11) is 0. The summed E-state index contributed by atoms with van der Waals surface area (Å²) >= 11 is 0. The molecular weight excluding hydrogens is 385 g/mol. The number of imide groups is 1. The molecule has 0 aliphatic carbocycles. The van der Waals surface area contributed by atoms with Gasteiger partial charge in [0.25, 0.3) is 11.8 Å². The highest BCUT2D eigenvalue weighted by Gasteiger charge is 2.32. The van der Waals surface area contributed by atoms with E-state index in [1.807, 2.05) is 0 Å². The third kappa shape index (κ3) is 7.12. The molecule has 0 aromatic heterocycles. The van der Waals surface area contributed by atoms with Crippen LogP contribution in [0, 0.1) is 0 Å². The van der Waals surface area contributed by atoms with Crippen LogP contribution in [0.2, 0.25) is 0 Å². The van der Waals surface area contributed by atoms with E-state index in [1.54, 1.807) is 0 Å². The highest BCUT2D eigenvalue weighted by molar-refractivity contribution is 6.01. The van der Waals surface area contributed by atoms with Gasteiger partial charge in [-0.25, -0.2) is 4.79 Å². The lowest BCUT2D eigenvalue weighted by molar-refractivity contribution is -0.197. The molecular formula is C19H30N4O6. The van der Waals surface area contributed by atoms with Gasteiger partial charge in [0.05, 0.1) is 13.0 Å². The number of nitrogens with zero attached hydrogens (tertiary/aromatic N) is 2. The highest BCUT2D eigenvalue weighted by Crippen LogP contribution is 2.21. The molecule has 29 heavy (non-hydrogen) atoms. The number of amides is 4. The number of carbonyl (C=O) groups is 5. The van der Waals surface area contributed by atoms with Crippen LogP contribution >= 0.6 is 0 Å². The average molecular weight is 415 g/mol. The number of rotatable bonds is 9. The van der Waals surface area contributed by atoms with Crippen LogP contribution in [0.5, 0.6) is 0 Å². The fraction of sp³-hybridized carbons (Fsp3) is 0.737. The van der Waals surface area contributed by atoms with E-state index in [9.17, 15) is 24.0 Å². The van der Waals surface area contributed by atoms with Crippen molar-refractivity contribution < 1.29 is 28.8 Å². The van der Waals surface area contributed by atoms with Gasteiger partial charge in [-0.05, 0) is 26.7 Å². The molecule has 2 aliphatic rings. The lowest BCUT2D eigenvalue weighted by Crippen LogP contribution is -2.49. The van der Waals surface area contributed by atoms with Gasteiger partial charge in [0, 0.05) is 44.4 Å². The molecule has 10 heteroatoms. The van der Waals surface area contributed by atoms with Crippen molar-refractivity contribution in [1.82, 2.24) is 20.6 Å². The summed E-state index contributed by atoms with van der Waals surface area (Å²) in [6.45, 7) is 4.80. The first kappa shape index (κ1) is 22.8. The van der Waals surface area contributed by atoms with Gasteiger partial charge >= 0.3 is 5.97 Å². The zero-order valence-electron chi connectivity index (χ0n) is 17.1. The van der Waals surface area contributed by atoms with E-state index in [0.717, 1.165) is 12.8 Å². The SMILES string of the molecule is [13CH3][13CH]1CCC[13CH]([13CH3])[15N]1CC(=O)NCCC(=O)NCCC(=O)ON1C(=O)CCC1=O. The Morgan fingerprint density at radius 1 is 0.931 bits per heavy atom. The van der Waals surface area contributed by atoms with Crippen LogP contribution in [-0.4, -0.2) is 71.3 Å². The molecule has 4 amide bonds. The minimum absolute atomic E-state index is 0.0185. The molecule has 0 aromatic carbocycles. The molecule has 0 radical (unpaired) electrons. The smallest absolute Gasteiger partial charge is 0.334 e. The molecule has 0 bridgehead atoms. The third-order valence-electron chi connectivity index (χ3n) is 5.23. The first-order valence-electron chi connectivity index (χ1n) is 10.1. The Labute approximate surface area is 170 Å². The Morgan fingerprint density at radius 2 is 1.48 bits per heavy atom. The monoisotopic (exact) mass is 415 g/mol. The lowest BCUT2D eigenvalue weighted by Gasteiger charge is -2.38. The van der Waals surface area contributed by atoms with Crippen molar-refractivity contribution in [2.45, 2.75) is 70.9 Å².